The summed E-state index contributed by atoms with van der Waals surface area (Å²) >= 11 is -11.0. The van der Waals surface area contributed by atoms with E-state index < -0.39 is 47.9 Å². The second kappa shape index (κ2) is 3.05. The van der Waals surface area contributed by atoms with Crippen molar-refractivity contribution in [2.24, 2.45) is 0 Å². The third-order valence-corrected chi connectivity index (χ3v) is 0. The second-order valence-corrected chi connectivity index (χ2v) is 5.33. The summed E-state index contributed by atoms with van der Waals surface area (Å²) in [5.74, 6) is 0. The Bertz CT molecular complexity index is 96.3. The predicted octanol–water partition coefficient (Wildman–Crippen LogP) is 3.40. The Morgan fingerprint density at radius 2 is 0.636 bits per heavy atom. The van der Waals surface area contributed by atoms with Crippen LogP contribution in [0.5, 0.6) is 0 Å². The van der Waals surface area contributed by atoms with E-state index in [0.717, 1.165) is 0 Å². The molecule has 0 nitrogen and oxygen atoms in total. The van der Waals surface area contributed by atoms with Crippen LogP contribution in [0.15, 0.2) is 0 Å². The summed E-state index contributed by atoms with van der Waals surface area (Å²) < 4.78 is 88.4. The molecule has 0 aromatic heterocycles. The van der Waals surface area contributed by atoms with Crippen molar-refractivity contribution in [2.75, 3.05) is 0 Å². The zero-order chi connectivity index (χ0) is 9.99. The van der Waals surface area contributed by atoms with Gasteiger partial charge in [-0.05, 0) is 0 Å². The molecule has 74 valence electrons. The molecule has 0 aliphatic carbocycles. The molecule has 0 heterocycles. The summed E-state index contributed by atoms with van der Waals surface area (Å²) in [4.78, 5) is 0. The van der Waals surface area contributed by atoms with Crippen molar-refractivity contribution in [1.29, 1.82) is 0 Å². The molecule has 0 bridgehead atoms. The van der Waals surface area contributed by atoms with Crippen molar-refractivity contribution in [3.8, 4) is 0 Å². The Balaban J connectivity index is 0. The van der Waals surface area contributed by atoms with E-state index in [1.54, 1.807) is 0 Å². The molecule has 0 aliphatic heterocycles. The molecular formula is BF9Xe. The average Bonchev–Trinajstić information content (AvgIpc) is 1.11. The van der Waals surface area contributed by atoms with E-state index >= 15 is 0 Å². The molecule has 0 N–H and O–H groups in total. The van der Waals surface area contributed by atoms with Gasteiger partial charge in [-0.2, -0.15) is 0 Å². The predicted molar refractivity (Wildman–Crippen MR) is 15.7 cm³/mol. The Morgan fingerprint density at radius 3 is 0.636 bits per heavy atom. The van der Waals surface area contributed by atoms with Crippen LogP contribution < -0.4 is 0 Å². The first-order valence-electron chi connectivity index (χ1n) is 1.46. The fraction of sp³-hybridized carbons (Fsp3) is 0. The summed E-state index contributed by atoms with van der Waals surface area (Å²) in [6.45, 7) is 0. The van der Waals surface area contributed by atoms with Gasteiger partial charge in [0.25, 0.3) is 0 Å². The van der Waals surface area contributed by atoms with Crippen LogP contribution >= 0.6 is 0 Å². The van der Waals surface area contributed by atoms with Crippen molar-refractivity contribution in [1.82, 2.24) is 0 Å². The number of rotatable bonds is 0. The number of hydrogen-bond donors (Lipinski definition) is 0. The standard InChI is InChI=1S/BF3.F6Xe/c2-1(3)4;1-7(2,3,4,5)6. The van der Waals surface area contributed by atoms with E-state index in [4.69, 9.17) is 0 Å². The fourth-order valence-electron chi connectivity index (χ4n) is 0. The van der Waals surface area contributed by atoms with Gasteiger partial charge in [0.15, 0.2) is 0 Å². The molecule has 0 amide bonds. The van der Waals surface area contributed by atoms with Gasteiger partial charge >= 0.3 is 48.4 Å². The number of hydrogen-bond acceptors (Lipinski definition) is 0. The van der Waals surface area contributed by atoms with Crippen molar-refractivity contribution in [2.45, 2.75) is 0 Å². The molecular weight excluding hydrogens is 313 g/mol. The minimum absolute atomic E-state index is 3.67. The summed E-state index contributed by atoms with van der Waals surface area (Å²) in [7, 11) is -3.67. The normalized spacial score (nSPS) is 17.2. The van der Waals surface area contributed by atoms with Crippen molar-refractivity contribution in [3.05, 3.63) is 0 Å². The van der Waals surface area contributed by atoms with Gasteiger partial charge in [0.1, 0.15) is 0 Å². The van der Waals surface area contributed by atoms with E-state index in [9.17, 15) is 13.4 Å². The van der Waals surface area contributed by atoms with E-state index in [2.05, 4.69) is 0 Å². The summed E-state index contributed by atoms with van der Waals surface area (Å²) in [5.41, 5.74) is 0. The Labute approximate surface area is 60.5 Å². The molecule has 0 unspecified atom stereocenters. The molecule has 0 rings (SSSR count). The van der Waals surface area contributed by atoms with E-state index in [-0.39, 0.29) is 0 Å². The van der Waals surface area contributed by atoms with Crippen LogP contribution in [0.25, 0.3) is 0 Å². The van der Waals surface area contributed by atoms with Gasteiger partial charge in [0.2, 0.25) is 0 Å². The van der Waals surface area contributed by atoms with Crippen molar-refractivity contribution >= 4 is 7.54 Å². The van der Waals surface area contributed by atoms with E-state index in [1.807, 2.05) is 0 Å². The third-order valence-electron chi connectivity index (χ3n) is 0. The van der Waals surface area contributed by atoms with Gasteiger partial charge < -0.3 is 0 Å². The van der Waals surface area contributed by atoms with Crippen LogP contribution in [0.2, 0.25) is 0 Å². The van der Waals surface area contributed by atoms with Gasteiger partial charge in [-0.25, -0.2) is 0 Å². The molecule has 0 aromatic carbocycles. The van der Waals surface area contributed by atoms with Crippen molar-refractivity contribution < 1.29 is 53.8 Å². The topological polar surface area (TPSA) is 0 Å². The average molecular weight is 313 g/mol. The van der Waals surface area contributed by atoms with Gasteiger partial charge in [0, 0.05) is 0 Å². The summed E-state index contributed by atoms with van der Waals surface area (Å²) in [6, 6.07) is 0. The molecule has 0 aliphatic rings. The first-order chi connectivity index (χ1) is 4.18. The molecule has 0 atom stereocenters. The molecule has 0 saturated carbocycles. The first kappa shape index (κ1) is 14.5. The van der Waals surface area contributed by atoms with Gasteiger partial charge in [0.05, 0.1) is 0 Å². The van der Waals surface area contributed by atoms with Crippen LogP contribution in [0.1, 0.15) is 0 Å². The Kier molecular flexibility index (Phi) is 4.03. The summed E-state index contributed by atoms with van der Waals surface area (Å²) in [6.07, 6.45) is 0. The van der Waals surface area contributed by atoms with E-state index in [1.165, 1.54) is 0 Å². The Morgan fingerprint density at radius 1 is 0.636 bits per heavy atom. The third kappa shape index (κ3) is 882. The van der Waals surface area contributed by atoms with Crippen LogP contribution in [0.4, 0.5) is 13.4 Å². The summed E-state index contributed by atoms with van der Waals surface area (Å²) in [5, 5.41) is 0. The quantitative estimate of drug-likeness (QED) is 0.475. The van der Waals surface area contributed by atoms with Gasteiger partial charge in [-0.15, -0.1) is 0 Å². The SMILES string of the molecule is FB(F)F.F[Xe](F)(F)(F)(F)F. The Hall–Kier alpha value is 1.01. The zero-order valence-electron chi connectivity index (χ0n) is 4.33. The molecule has 0 radical (unpaired) electrons. The number of halogens is 9. The molecule has 0 saturated heterocycles. The van der Waals surface area contributed by atoms with Crippen LogP contribution in [-0.2, 0) is 0 Å². The minimum atomic E-state index is -11.0. The van der Waals surface area contributed by atoms with E-state index in [0.29, 0.717) is 0 Å². The van der Waals surface area contributed by atoms with Crippen LogP contribution in [0.3, 0.4) is 0 Å². The van der Waals surface area contributed by atoms with Crippen LogP contribution in [0, 0.1) is 40.3 Å². The monoisotopic (exact) mass is 314 g/mol. The molecule has 11 heavy (non-hydrogen) atoms. The molecule has 0 fully saturated rings. The van der Waals surface area contributed by atoms with Crippen molar-refractivity contribution in [3.63, 3.8) is 0 Å². The van der Waals surface area contributed by atoms with Crippen LogP contribution in [-0.4, -0.2) is 7.54 Å². The fourth-order valence-corrected chi connectivity index (χ4v) is 0. The second-order valence-electron chi connectivity index (χ2n) is 1.01. The zero-order valence-corrected chi connectivity index (χ0v) is 6.35. The van der Waals surface area contributed by atoms with Gasteiger partial charge in [-0.3, -0.25) is 12.9 Å². The molecule has 0 aromatic rings. The first-order valence-corrected chi connectivity index (χ1v) is 6.03. The maximum absolute atomic E-state index is 11.0. The molecule has 11 heteroatoms. The molecule has 0 spiro atoms. The maximum atomic E-state index is 9.90. The van der Waals surface area contributed by atoms with Gasteiger partial charge in [-0.1, -0.05) is 0 Å².